The maximum absolute atomic E-state index is 9.57. The molecule has 0 bridgehead atoms. The van der Waals surface area contributed by atoms with Crippen molar-refractivity contribution >= 4 is 0 Å². The molecule has 13 heavy (non-hydrogen) atoms. The lowest BCUT2D eigenvalue weighted by Crippen LogP contribution is -2.46. The number of nitrogens with two attached hydrogens (primary N) is 1. The molecule has 1 saturated heterocycles. The third-order valence-corrected chi connectivity index (χ3v) is 2.87. The maximum Gasteiger partial charge on any atom is 0.0667 e. The number of aliphatic hydroxyl groups is 1. The molecule has 0 aliphatic carbocycles. The molecular weight excluding hydrogens is 164 g/mol. The number of hydrogen-bond acceptors (Lipinski definition) is 3. The quantitative estimate of drug-likeness (QED) is 0.675. The standard InChI is InChI=1S/C10H22N2O/c1-9(13)10-5-2-3-7-12(10)8-4-6-11/h9-10,13H,2-8,11H2,1H3/t9-,10+/m1/s1. The molecule has 3 heteroatoms. The van der Waals surface area contributed by atoms with Gasteiger partial charge in [-0.1, -0.05) is 6.42 Å². The molecule has 0 radical (unpaired) electrons. The van der Waals surface area contributed by atoms with E-state index in [1.807, 2.05) is 6.92 Å². The smallest absolute Gasteiger partial charge is 0.0667 e. The summed E-state index contributed by atoms with van der Waals surface area (Å²) in [5.74, 6) is 0. The first-order valence-electron chi connectivity index (χ1n) is 5.38. The molecule has 3 nitrogen and oxygen atoms in total. The number of likely N-dealkylation sites (tertiary alicyclic amines) is 1. The van der Waals surface area contributed by atoms with E-state index in [1.54, 1.807) is 0 Å². The van der Waals surface area contributed by atoms with Gasteiger partial charge < -0.3 is 10.8 Å². The first kappa shape index (κ1) is 11.0. The fourth-order valence-corrected chi connectivity index (χ4v) is 2.14. The summed E-state index contributed by atoms with van der Waals surface area (Å²) in [7, 11) is 0. The van der Waals surface area contributed by atoms with Gasteiger partial charge in [-0.15, -0.1) is 0 Å². The van der Waals surface area contributed by atoms with Crippen LogP contribution in [0.4, 0.5) is 0 Å². The predicted molar refractivity (Wildman–Crippen MR) is 54.6 cm³/mol. The van der Waals surface area contributed by atoms with Crippen molar-refractivity contribution in [3.05, 3.63) is 0 Å². The second-order valence-corrected chi connectivity index (χ2v) is 3.98. The van der Waals surface area contributed by atoms with Crippen LogP contribution in [-0.2, 0) is 0 Å². The van der Waals surface area contributed by atoms with Crippen LogP contribution in [0.1, 0.15) is 32.6 Å². The molecule has 1 heterocycles. The highest BCUT2D eigenvalue weighted by Crippen LogP contribution is 2.19. The van der Waals surface area contributed by atoms with Crippen molar-refractivity contribution in [3.63, 3.8) is 0 Å². The second-order valence-electron chi connectivity index (χ2n) is 3.98. The molecule has 1 rings (SSSR count). The van der Waals surface area contributed by atoms with Gasteiger partial charge in [0.05, 0.1) is 6.10 Å². The van der Waals surface area contributed by atoms with E-state index >= 15 is 0 Å². The predicted octanol–water partition coefficient (Wildman–Crippen LogP) is 0.570. The summed E-state index contributed by atoms with van der Waals surface area (Å²) in [6, 6.07) is 0.375. The molecule has 1 fully saturated rings. The van der Waals surface area contributed by atoms with Crippen LogP contribution >= 0.6 is 0 Å². The zero-order valence-electron chi connectivity index (χ0n) is 8.58. The van der Waals surface area contributed by atoms with Gasteiger partial charge in [0.25, 0.3) is 0 Å². The van der Waals surface area contributed by atoms with Crippen LogP contribution in [0.2, 0.25) is 0 Å². The SMILES string of the molecule is C[C@@H](O)[C@@H]1CCCCN1CCCN. The van der Waals surface area contributed by atoms with Gasteiger partial charge in [0, 0.05) is 6.04 Å². The molecule has 0 amide bonds. The fraction of sp³-hybridized carbons (Fsp3) is 1.00. The van der Waals surface area contributed by atoms with Crippen molar-refractivity contribution in [2.45, 2.75) is 44.8 Å². The second kappa shape index (κ2) is 5.58. The summed E-state index contributed by atoms with van der Waals surface area (Å²) in [5, 5.41) is 9.57. The van der Waals surface area contributed by atoms with Gasteiger partial charge in [0.15, 0.2) is 0 Å². The average molecular weight is 186 g/mol. The third kappa shape index (κ3) is 3.25. The van der Waals surface area contributed by atoms with Crippen molar-refractivity contribution in [1.29, 1.82) is 0 Å². The van der Waals surface area contributed by atoms with E-state index in [4.69, 9.17) is 5.73 Å². The van der Waals surface area contributed by atoms with E-state index in [0.717, 1.165) is 32.5 Å². The molecule has 0 spiro atoms. The topological polar surface area (TPSA) is 49.5 Å². The van der Waals surface area contributed by atoms with Crippen LogP contribution in [0.15, 0.2) is 0 Å². The number of rotatable bonds is 4. The van der Waals surface area contributed by atoms with Gasteiger partial charge in [0.1, 0.15) is 0 Å². The Morgan fingerprint density at radius 2 is 2.31 bits per heavy atom. The van der Waals surface area contributed by atoms with Crippen molar-refractivity contribution in [2.75, 3.05) is 19.6 Å². The van der Waals surface area contributed by atoms with Gasteiger partial charge >= 0.3 is 0 Å². The number of aliphatic hydroxyl groups excluding tert-OH is 1. The van der Waals surface area contributed by atoms with Gasteiger partial charge in [-0.3, -0.25) is 4.90 Å². The van der Waals surface area contributed by atoms with E-state index in [-0.39, 0.29) is 6.10 Å². The van der Waals surface area contributed by atoms with Crippen LogP contribution in [0, 0.1) is 0 Å². The van der Waals surface area contributed by atoms with Crippen molar-refractivity contribution < 1.29 is 5.11 Å². The first-order chi connectivity index (χ1) is 6.25. The fourth-order valence-electron chi connectivity index (χ4n) is 2.14. The summed E-state index contributed by atoms with van der Waals surface area (Å²) in [6.07, 6.45) is 4.52. The van der Waals surface area contributed by atoms with E-state index in [1.165, 1.54) is 12.8 Å². The molecule has 1 aliphatic rings. The molecule has 0 unspecified atom stereocenters. The molecule has 2 atom stereocenters. The Labute approximate surface area is 80.9 Å². The van der Waals surface area contributed by atoms with Crippen LogP contribution in [0.25, 0.3) is 0 Å². The Kier molecular flexibility index (Phi) is 4.70. The maximum atomic E-state index is 9.57. The summed E-state index contributed by atoms with van der Waals surface area (Å²) in [4.78, 5) is 2.39. The summed E-state index contributed by atoms with van der Waals surface area (Å²) < 4.78 is 0. The lowest BCUT2D eigenvalue weighted by molar-refractivity contribution is 0.0363. The minimum absolute atomic E-state index is 0.196. The molecule has 0 aromatic heterocycles. The molecule has 0 saturated carbocycles. The molecule has 0 aromatic carbocycles. The zero-order chi connectivity index (χ0) is 9.68. The zero-order valence-corrected chi connectivity index (χ0v) is 8.58. The minimum atomic E-state index is -0.196. The van der Waals surface area contributed by atoms with E-state index in [2.05, 4.69) is 4.90 Å². The van der Waals surface area contributed by atoms with Crippen LogP contribution in [0.5, 0.6) is 0 Å². The molecule has 3 N–H and O–H groups in total. The van der Waals surface area contributed by atoms with Crippen LogP contribution in [0.3, 0.4) is 0 Å². The van der Waals surface area contributed by atoms with Crippen molar-refractivity contribution in [3.8, 4) is 0 Å². The molecule has 0 aromatic rings. The van der Waals surface area contributed by atoms with Crippen molar-refractivity contribution in [2.24, 2.45) is 5.73 Å². The van der Waals surface area contributed by atoms with E-state index < -0.39 is 0 Å². The van der Waals surface area contributed by atoms with Crippen LogP contribution in [-0.4, -0.2) is 41.8 Å². The highest BCUT2D eigenvalue weighted by atomic mass is 16.3. The summed E-state index contributed by atoms with van der Waals surface area (Å²) in [6.45, 7) is 4.83. The van der Waals surface area contributed by atoms with Gasteiger partial charge in [-0.25, -0.2) is 0 Å². The Bertz CT molecular complexity index is 139. The Hall–Kier alpha value is -0.120. The number of piperidine rings is 1. The normalized spacial score (nSPS) is 27.5. The largest absolute Gasteiger partial charge is 0.392 e. The van der Waals surface area contributed by atoms with Gasteiger partial charge in [-0.2, -0.15) is 0 Å². The summed E-state index contributed by atoms with van der Waals surface area (Å²) >= 11 is 0. The number of hydrogen-bond donors (Lipinski definition) is 2. The van der Waals surface area contributed by atoms with Crippen LogP contribution < -0.4 is 5.73 Å². The first-order valence-corrected chi connectivity index (χ1v) is 5.38. The molecule has 78 valence electrons. The summed E-state index contributed by atoms with van der Waals surface area (Å²) in [5.41, 5.74) is 5.48. The molecule has 1 aliphatic heterocycles. The Balaban J connectivity index is 2.37. The Morgan fingerprint density at radius 1 is 1.54 bits per heavy atom. The monoisotopic (exact) mass is 186 g/mol. The van der Waals surface area contributed by atoms with Gasteiger partial charge in [0.2, 0.25) is 0 Å². The Morgan fingerprint density at radius 3 is 2.92 bits per heavy atom. The van der Waals surface area contributed by atoms with Gasteiger partial charge in [-0.05, 0) is 45.8 Å². The lowest BCUT2D eigenvalue weighted by Gasteiger charge is -2.37. The average Bonchev–Trinajstić information content (AvgIpc) is 2.15. The third-order valence-electron chi connectivity index (χ3n) is 2.87. The molecular formula is C10H22N2O. The number of nitrogens with zero attached hydrogens (tertiary/aromatic N) is 1. The van der Waals surface area contributed by atoms with Crippen molar-refractivity contribution in [1.82, 2.24) is 4.90 Å². The highest BCUT2D eigenvalue weighted by molar-refractivity contribution is 4.80. The lowest BCUT2D eigenvalue weighted by atomic mass is 9.98. The van der Waals surface area contributed by atoms with E-state index in [0.29, 0.717) is 6.04 Å². The highest BCUT2D eigenvalue weighted by Gasteiger charge is 2.25. The van der Waals surface area contributed by atoms with E-state index in [9.17, 15) is 5.11 Å². The minimum Gasteiger partial charge on any atom is -0.392 e.